The third-order valence-electron chi connectivity index (χ3n) is 3.41. The average Bonchev–Trinajstić information content (AvgIpc) is 2.85. The predicted octanol–water partition coefficient (Wildman–Crippen LogP) is 0.456. The van der Waals surface area contributed by atoms with E-state index in [1.807, 2.05) is 17.9 Å². The highest BCUT2D eigenvalue weighted by Gasteiger charge is 2.31. The van der Waals surface area contributed by atoms with Crippen LogP contribution in [0.4, 0.5) is 0 Å². The number of nitrogens with one attached hydrogen (secondary N) is 1. The van der Waals surface area contributed by atoms with Gasteiger partial charge in [-0.25, -0.2) is 0 Å². The Bertz CT molecular complexity index is 401. The monoisotopic (exact) mass is 236 g/mol. The first kappa shape index (κ1) is 12.1. The smallest absolute Gasteiger partial charge is 0.228 e. The van der Waals surface area contributed by atoms with Crippen LogP contribution in [0.5, 0.6) is 0 Å². The predicted molar refractivity (Wildman–Crippen MR) is 65.4 cm³/mol. The van der Waals surface area contributed by atoms with Gasteiger partial charge in [0, 0.05) is 18.3 Å². The molecule has 1 amide bonds. The summed E-state index contributed by atoms with van der Waals surface area (Å²) in [5.74, 6) is 0.606. The van der Waals surface area contributed by atoms with E-state index >= 15 is 0 Å². The maximum atomic E-state index is 12.1. The van der Waals surface area contributed by atoms with Crippen molar-refractivity contribution in [3.8, 4) is 0 Å². The SMILES string of the molecule is Cc1cc(CC(=O)N2CC(CN)CC2C)n[nH]1. The molecule has 1 saturated heterocycles. The summed E-state index contributed by atoms with van der Waals surface area (Å²) in [6.45, 7) is 5.48. The molecule has 0 saturated carbocycles. The van der Waals surface area contributed by atoms with Gasteiger partial charge in [0.2, 0.25) is 5.91 Å². The molecule has 2 rings (SSSR count). The van der Waals surface area contributed by atoms with E-state index in [2.05, 4.69) is 17.1 Å². The summed E-state index contributed by atoms with van der Waals surface area (Å²) in [5.41, 5.74) is 7.46. The molecule has 5 nitrogen and oxygen atoms in total. The van der Waals surface area contributed by atoms with Crippen molar-refractivity contribution in [2.45, 2.75) is 32.7 Å². The zero-order chi connectivity index (χ0) is 12.4. The Kier molecular flexibility index (Phi) is 3.47. The first-order valence-corrected chi connectivity index (χ1v) is 6.10. The van der Waals surface area contributed by atoms with Gasteiger partial charge < -0.3 is 10.6 Å². The van der Waals surface area contributed by atoms with Crippen LogP contribution in [-0.4, -0.2) is 40.1 Å². The fourth-order valence-corrected chi connectivity index (χ4v) is 2.48. The Balaban J connectivity index is 1.96. The van der Waals surface area contributed by atoms with Gasteiger partial charge in [-0.05, 0) is 38.8 Å². The minimum Gasteiger partial charge on any atom is -0.339 e. The van der Waals surface area contributed by atoms with Crippen molar-refractivity contribution >= 4 is 5.91 Å². The van der Waals surface area contributed by atoms with Crippen molar-refractivity contribution in [1.29, 1.82) is 0 Å². The van der Waals surface area contributed by atoms with E-state index < -0.39 is 0 Å². The van der Waals surface area contributed by atoms with Crippen LogP contribution < -0.4 is 5.73 Å². The third-order valence-corrected chi connectivity index (χ3v) is 3.41. The number of amides is 1. The molecule has 0 aromatic carbocycles. The molecular weight excluding hydrogens is 216 g/mol. The van der Waals surface area contributed by atoms with Gasteiger partial charge in [0.1, 0.15) is 0 Å². The lowest BCUT2D eigenvalue weighted by molar-refractivity contribution is -0.131. The molecule has 0 aliphatic carbocycles. The lowest BCUT2D eigenvalue weighted by atomic mass is 10.1. The summed E-state index contributed by atoms with van der Waals surface area (Å²) in [5, 5.41) is 6.95. The fraction of sp³-hybridized carbons (Fsp3) is 0.667. The van der Waals surface area contributed by atoms with Crippen molar-refractivity contribution in [3.63, 3.8) is 0 Å². The number of H-pyrrole nitrogens is 1. The lowest BCUT2D eigenvalue weighted by Crippen LogP contribution is -2.35. The number of aromatic nitrogens is 2. The minimum absolute atomic E-state index is 0.153. The molecular formula is C12H20N4O. The van der Waals surface area contributed by atoms with Crippen molar-refractivity contribution in [2.24, 2.45) is 11.7 Å². The highest BCUT2D eigenvalue weighted by molar-refractivity contribution is 5.79. The molecule has 1 aliphatic heterocycles. The summed E-state index contributed by atoms with van der Waals surface area (Å²) < 4.78 is 0. The molecule has 17 heavy (non-hydrogen) atoms. The van der Waals surface area contributed by atoms with Crippen LogP contribution in [0.3, 0.4) is 0 Å². The number of nitrogens with zero attached hydrogens (tertiary/aromatic N) is 2. The van der Waals surface area contributed by atoms with Gasteiger partial charge in [0.25, 0.3) is 0 Å². The van der Waals surface area contributed by atoms with Crippen molar-refractivity contribution in [2.75, 3.05) is 13.1 Å². The summed E-state index contributed by atoms with van der Waals surface area (Å²) in [7, 11) is 0. The van der Waals surface area contributed by atoms with E-state index in [0.29, 0.717) is 24.9 Å². The second kappa shape index (κ2) is 4.87. The zero-order valence-corrected chi connectivity index (χ0v) is 10.4. The maximum Gasteiger partial charge on any atom is 0.228 e. The van der Waals surface area contributed by atoms with Crippen LogP contribution in [0.1, 0.15) is 24.7 Å². The van der Waals surface area contributed by atoms with Gasteiger partial charge >= 0.3 is 0 Å². The van der Waals surface area contributed by atoms with Crippen LogP contribution in [0, 0.1) is 12.8 Å². The van der Waals surface area contributed by atoms with Crippen LogP contribution in [0.15, 0.2) is 6.07 Å². The molecule has 1 aromatic rings. The molecule has 0 radical (unpaired) electrons. The second-order valence-corrected chi connectivity index (χ2v) is 4.95. The molecule has 3 N–H and O–H groups in total. The summed E-state index contributed by atoms with van der Waals surface area (Å²) in [6.07, 6.45) is 1.40. The topological polar surface area (TPSA) is 75.0 Å². The van der Waals surface area contributed by atoms with Gasteiger partial charge in [0.05, 0.1) is 12.1 Å². The average molecular weight is 236 g/mol. The molecule has 1 fully saturated rings. The lowest BCUT2D eigenvalue weighted by Gasteiger charge is -2.21. The molecule has 2 unspecified atom stereocenters. The summed E-state index contributed by atoms with van der Waals surface area (Å²) in [6, 6.07) is 2.22. The zero-order valence-electron chi connectivity index (χ0n) is 10.4. The van der Waals surface area contributed by atoms with E-state index in [-0.39, 0.29) is 5.91 Å². The van der Waals surface area contributed by atoms with Crippen LogP contribution in [-0.2, 0) is 11.2 Å². The fourth-order valence-electron chi connectivity index (χ4n) is 2.48. The Hall–Kier alpha value is -1.36. The molecule has 2 heterocycles. The number of hydrogen-bond acceptors (Lipinski definition) is 3. The van der Waals surface area contributed by atoms with Crippen LogP contribution >= 0.6 is 0 Å². The molecule has 1 aliphatic rings. The van der Waals surface area contributed by atoms with E-state index in [1.165, 1.54) is 0 Å². The summed E-state index contributed by atoms with van der Waals surface area (Å²) >= 11 is 0. The second-order valence-electron chi connectivity index (χ2n) is 4.95. The molecule has 0 bridgehead atoms. The van der Waals surface area contributed by atoms with Crippen molar-refractivity contribution in [3.05, 3.63) is 17.5 Å². The quantitative estimate of drug-likeness (QED) is 0.800. The van der Waals surface area contributed by atoms with Gasteiger partial charge in [-0.1, -0.05) is 0 Å². The van der Waals surface area contributed by atoms with E-state index in [0.717, 1.165) is 24.4 Å². The number of aryl methyl sites for hydroxylation is 1. The molecule has 5 heteroatoms. The van der Waals surface area contributed by atoms with Crippen molar-refractivity contribution in [1.82, 2.24) is 15.1 Å². The maximum absolute atomic E-state index is 12.1. The standard InChI is InChI=1S/C12H20N4O/c1-8-3-11(15-14-8)5-12(17)16-7-10(6-13)4-9(16)2/h3,9-10H,4-7,13H2,1-2H3,(H,14,15). The van der Waals surface area contributed by atoms with Crippen LogP contribution in [0.25, 0.3) is 0 Å². The number of nitrogens with two attached hydrogens (primary N) is 1. The third kappa shape index (κ3) is 2.66. The largest absolute Gasteiger partial charge is 0.339 e. The molecule has 1 aromatic heterocycles. The number of rotatable bonds is 3. The normalized spacial score (nSPS) is 24.3. The number of aromatic amines is 1. The molecule has 0 spiro atoms. The van der Waals surface area contributed by atoms with Gasteiger partial charge in [-0.3, -0.25) is 9.89 Å². The van der Waals surface area contributed by atoms with E-state index in [9.17, 15) is 4.79 Å². The number of carbonyl (C=O) groups excluding carboxylic acids is 1. The van der Waals surface area contributed by atoms with Crippen molar-refractivity contribution < 1.29 is 4.79 Å². The van der Waals surface area contributed by atoms with Crippen LogP contribution in [0.2, 0.25) is 0 Å². The highest BCUT2D eigenvalue weighted by atomic mass is 16.2. The summed E-state index contributed by atoms with van der Waals surface area (Å²) in [4.78, 5) is 14.1. The van der Waals surface area contributed by atoms with Gasteiger partial charge in [0.15, 0.2) is 0 Å². The Labute approximate surface area is 101 Å². The van der Waals surface area contributed by atoms with E-state index in [1.54, 1.807) is 0 Å². The van der Waals surface area contributed by atoms with Gasteiger partial charge in [-0.2, -0.15) is 5.10 Å². The van der Waals surface area contributed by atoms with Gasteiger partial charge in [-0.15, -0.1) is 0 Å². The number of hydrogen-bond donors (Lipinski definition) is 2. The highest BCUT2D eigenvalue weighted by Crippen LogP contribution is 2.22. The Morgan fingerprint density at radius 1 is 1.71 bits per heavy atom. The molecule has 94 valence electrons. The van der Waals surface area contributed by atoms with E-state index in [4.69, 9.17) is 5.73 Å². The number of carbonyl (C=O) groups is 1. The first-order valence-electron chi connectivity index (χ1n) is 6.10. The molecule has 2 atom stereocenters. The number of likely N-dealkylation sites (tertiary alicyclic amines) is 1. The minimum atomic E-state index is 0.153. The Morgan fingerprint density at radius 3 is 3.00 bits per heavy atom. The Morgan fingerprint density at radius 2 is 2.47 bits per heavy atom. The first-order chi connectivity index (χ1) is 8.10.